The molecule has 0 saturated heterocycles. The first-order valence-electron chi connectivity index (χ1n) is 5.83. The van der Waals surface area contributed by atoms with Crippen LogP contribution in [0, 0.1) is 21.7 Å². The van der Waals surface area contributed by atoms with Gasteiger partial charge >= 0.3 is 5.69 Å². The number of Topliss-reactive ketones (excluding diaryl/α,β-unsaturated/α-hetero) is 1. The normalized spacial score (nSPS) is 10.2. The van der Waals surface area contributed by atoms with Gasteiger partial charge in [0.25, 0.3) is 0 Å². The number of ketones is 1. The number of benzene rings is 2. The Labute approximate surface area is 117 Å². The number of ether oxygens (including phenoxy) is 1. The van der Waals surface area contributed by atoms with Crippen molar-refractivity contribution < 1.29 is 23.2 Å². The zero-order chi connectivity index (χ0) is 15.4. The van der Waals surface area contributed by atoms with Crippen molar-refractivity contribution in [3.05, 3.63) is 69.8 Å². The molecule has 0 aliphatic heterocycles. The Morgan fingerprint density at radius 3 is 2.52 bits per heavy atom. The predicted octanol–water partition coefficient (Wildman–Crippen LogP) is 3.13. The maximum absolute atomic E-state index is 13.0. The number of para-hydroxylation sites is 2. The summed E-state index contributed by atoms with van der Waals surface area (Å²) in [5.41, 5.74) is -0.358. The SMILES string of the molecule is O=C(COc1ccccc1[N+](=O)[O-])c1ccc(F)c(F)c1. The van der Waals surface area contributed by atoms with Gasteiger partial charge in [-0.05, 0) is 24.3 Å². The van der Waals surface area contributed by atoms with Gasteiger partial charge in [0.15, 0.2) is 29.8 Å². The summed E-state index contributed by atoms with van der Waals surface area (Å²) in [5.74, 6) is -2.90. The lowest BCUT2D eigenvalue weighted by Gasteiger charge is -2.06. The van der Waals surface area contributed by atoms with E-state index in [0.29, 0.717) is 0 Å². The van der Waals surface area contributed by atoms with E-state index in [1.165, 1.54) is 24.3 Å². The summed E-state index contributed by atoms with van der Waals surface area (Å²) in [6.07, 6.45) is 0. The van der Waals surface area contributed by atoms with Crippen molar-refractivity contribution >= 4 is 11.5 Å². The van der Waals surface area contributed by atoms with E-state index in [4.69, 9.17) is 4.74 Å². The van der Waals surface area contributed by atoms with E-state index in [9.17, 15) is 23.7 Å². The second kappa shape index (κ2) is 6.08. The lowest BCUT2D eigenvalue weighted by atomic mass is 10.1. The van der Waals surface area contributed by atoms with Crippen molar-refractivity contribution in [2.45, 2.75) is 0 Å². The van der Waals surface area contributed by atoms with Crippen LogP contribution in [0.15, 0.2) is 42.5 Å². The molecule has 0 atom stereocenters. The van der Waals surface area contributed by atoms with Crippen LogP contribution in [0.3, 0.4) is 0 Å². The highest BCUT2D eigenvalue weighted by molar-refractivity contribution is 5.97. The summed E-state index contributed by atoms with van der Waals surface area (Å²) in [6, 6.07) is 8.25. The Hall–Kier alpha value is -2.83. The van der Waals surface area contributed by atoms with Crippen molar-refractivity contribution in [2.75, 3.05) is 6.61 Å². The standard InChI is InChI=1S/C14H9F2NO4/c15-10-6-5-9(7-11(10)16)13(18)8-21-14-4-2-1-3-12(14)17(19)20/h1-7H,8H2. The number of rotatable bonds is 5. The molecule has 0 spiro atoms. The number of carbonyl (C=O) groups is 1. The molecule has 0 heterocycles. The third kappa shape index (κ3) is 3.38. The fourth-order valence-electron chi connectivity index (χ4n) is 1.63. The van der Waals surface area contributed by atoms with Gasteiger partial charge in [0.1, 0.15) is 0 Å². The predicted molar refractivity (Wildman–Crippen MR) is 69.3 cm³/mol. The fraction of sp³-hybridized carbons (Fsp3) is 0.0714. The lowest BCUT2D eigenvalue weighted by molar-refractivity contribution is -0.385. The summed E-state index contributed by atoms with van der Waals surface area (Å²) in [7, 11) is 0. The van der Waals surface area contributed by atoms with Crippen LogP contribution in [0.2, 0.25) is 0 Å². The Kier molecular flexibility index (Phi) is 4.22. The highest BCUT2D eigenvalue weighted by atomic mass is 19.2. The average Bonchev–Trinajstić information content (AvgIpc) is 2.47. The molecule has 0 aliphatic rings. The Morgan fingerprint density at radius 1 is 1.14 bits per heavy atom. The molecule has 2 aromatic rings. The molecule has 0 saturated carbocycles. The van der Waals surface area contributed by atoms with Crippen molar-refractivity contribution in [3.63, 3.8) is 0 Å². The van der Waals surface area contributed by atoms with Gasteiger partial charge in [0, 0.05) is 11.6 Å². The smallest absolute Gasteiger partial charge is 0.310 e. The number of nitro benzene ring substituents is 1. The lowest BCUT2D eigenvalue weighted by Crippen LogP contribution is -2.12. The third-order valence-corrected chi connectivity index (χ3v) is 2.66. The number of carbonyl (C=O) groups excluding carboxylic acids is 1. The molecule has 2 rings (SSSR count). The molecule has 0 amide bonds. The summed E-state index contributed by atoms with van der Waals surface area (Å²) in [6.45, 7) is -0.518. The number of nitro groups is 1. The van der Waals surface area contributed by atoms with Crippen LogP contribution in [0.25, 0.3) is 0 Å². The van der Waals surface area contributed by atoms with Gasteiger partial charge < -0.3 is 4.74 Å². The zero-order valence-corrected chi connectivity index (χ0v) is 10.6. The summed E-state index contributed by atoms with van der Waals surface area (Å²) < 4.78 is 30.9. The molecule has 2 aromatic carbocycles. The second-order valence-corrected chi connectivity index (χ2v) is 4.07. The Morgan fingerprint density at radius 2 is 1.86 bits per heavy atom. The van der Waals surface area contributed by atoms with E-state index in [2.05, 4.69) is 0 Å². The maximum Gasteiger partial charge on any atom is 0.310 e. The van der Waals surface area contributed by atoms with E-state index >= 15 is 0 Å². The molecule has 5 nitrogen and oxygen atoms in total. The van der Waals surface area contributed by atoms with Crippen LogP contribution in [-0.2, 0) is 0 Å². The quantitative estimate of drug-likeness (QED) is 0.482. The van der Waals surface area contributed by atoms with Crippen LogP contribution in [0.1, 0.15) is 10.4 Å². The Balaban J connectivity index is 2.11. The van der Waals surface area contributed by atoms with Crippen molar-refractivity contribution in [2.24, 2.45) is 0 Å². The molecule has 0 aliphatic carbocycles. The van der Waals surface area contributed by atoms with Gasteiger partial charge in [-0.15, -0.1) is 0 Å². The molecule has 0 aromatic heterocycles. The maximum atomic E-state index is 13.0. The topological polar surface area (TPSA) is 69.4 Å². The zero-order valence-electron chi connectivity index (χ0n) is 10.6. The Bertz CT molecular complexity index is 703. The van der Waals surface area contributed by atoms with E-state index in [0.717, 1.165) is 18.2 Å². The van der Waals surface area contributed by atoms with Gasteiger partial charge in [-0.2, -0.15) is 0 Å². The number of hydrogen-bond acceptors (Lipinski definition) is 4. The minimum Gasteiger partial charge on any atom is -0.478 e. The molecule has 0 fully saturated rings. The van der Waals surface area contributed by atoms with Crippen LogP contribution in [0.4, 0.5) is 14.5 Å². The highest BCUT2D eigenvalue weighted by Gasteiger charge is 2.16. The van der Waals surface area contributed by atoms with Gasteiger partial charge in [-0.3, -0.25) is 14.9 Å². The van der Waals surface area contributed by atoms with Gasteiger partial charge in [0.2, 0.25) is 0 Å². The van der Waals surface area contributed by atoms with Gasteiger partial charge in [0.05, 0.1) is 4.92 Å². The van der Waals surface area contributed by atoms with Gasteiger partial charge in [-0.25, -0.2) is 8.78 Å². The van der Waals surface area contributed by atoms with Gasteiger partial charge in [-0.1, -0.05) is 12.1 Å². The van der Waals surface area contributed by atoms with E-state index in [1.54, 1.807) is 0 Å². The first kappa shape index (κ1) is 14.6. The molecule has 108 valence electrons. The summed E-state index contributed by atoms with van der Waals surface area (Å²) in [4.78, 5) is 21.9. The first-order valence-corrected chi connectivity index (χ1v) is 5.83. The van der Waals surface area contributed by atoms with Crippen molar-refractivity contribution in [1.29, 1.82) is 0 Å². The fourth-order valence-corrected chi connectivity index (χ4v) is 1.63. The molecule has 21 heavy (non-hydrogen) atoms. The number of nitrogens with zero attached hydrogens (tertiary/aromatic N) is 1. The highest BCUT2D eigenvalue weighted by Crippen LogP contribution is 2.25. The monoisotopic (exact) mass is 293 g/mol. The number of halogens is 2. The number of hydrogen-bond donors (Lipinski definition) is 0. The summed E-state index contributed by atoms with van der Waals surface area (Å²) >= 11 is 0. The molecule has 0 bridgehead atoms. The minimum atomic E-state index is -1.15. The second-order valence-electron chi connectivity index (χ2n) is 4.07. The first-order chi connectivity index (χ1) is 9.99. The molecular formula is C14H9F2NO4. The molecular weight excluding hydrogens is 284 g/mol. The van der Waals surface area contributed by atoms with Crippen molar-refractivity contribution in [3.8, 4) is 5.75 Å². The average molecular weight is 293 g/mol. The summed E-state index contributed by atoms with van der Waals surface area (Å²) in [5, 5.41) is 10.8. The molecule has 0 radical (unpaired) electrons. The largest absolute Gasteiger partial charge is 0.478 e. The van der Waals surface area contributed by atoms with Crippen molar-refractivity contribution in [1.82, 2.24) is 0 Å². The van der Waals surface area contributed by atoms with E-state index < -0.39 is 28.9 Å². The van der Waals surface area contributed by atoms with Crippen LogP contribution < -0.4 is 4.74 Å². The molecule has 7 heteroatoms. The van der Waals surface area contributed by atoms with Crippen LogP contribution >= 0.6 is 0 Å². The van der Waals surface area contributed by atoms with Crippen LogP contribution in [0.5, 0.6) is 5.75 Å². The third-order valence-electron chi connectivity index (χ3n) is 2.66. The molecule has 0 unspecified atom stereocenters. The van der Waals surface area contributed by atoms with Crippen LogP contribution in [-0.4, -0.2) is 17.3 Å². The minimum absolute atomic E-state index is 0.0709. The molecule has 0 N–H and O–H groups in total. The van der Waals surface area contributed by atoms with E-state index in [-0.39, 0.29) is 17.0 Å². The van der Waals surface area contributed by atoms with E-state index in [1.807, 2.05) is 0 Å².